The average molecular weight is 217 g/mol. The van der Waals surface area contributed by atoms with Crippen molar-refractivity contribution in [2.24, 2.45) is 5.41 Å². The molecule has 1 N–H and O–H groups in total. The van der Waals surface area contributed by atoms with Crippen LogP contribution in [0.4, 0.5) is 0 Å². The second-order valence-electron chi connectivity index (χ2n) is 5.76. The highest BCUT2D eigenvalue weighted by molar-refractivity contribution is 5.27. The highest BCUT2D eigenvalue weighted by Gasteiger charge is 2.38. The standard InChI is InChI=1S/C15H23N/c1-4-15(2,3)11-16-14-10-13(14)12-8-6-5-7-9-12/h5-9,13-14,16H,4,10-11H2,1-3H3. The van der Waals surface area contributed by atoms with Crippen molar-refractivity contribution in [2.45, 2.75) is 45.6 Å². The first-order chi connectivity index (χ1) is 7.62. The van der Waals surface area contributed by atoms with Crippen LogP contribution in [0.15, 0.2) is 30.3 Å². The van der Waals surface area contributed by atoms with E-state index in [4.69, 9.17) is 0 Å². The molecule has 1 fully saturated rings. The van der Waals surface area contributed by atoms with Gasteiger partial charge in [0.2, 0.25) is 0 Å². The number of hydrogen-bond acceptors (Lipinski definition) is 1. The number of nitrogens with one attached hydrogen (secondary N) is 1. The van der Waals surface area contributed by atoms with Crippen LogP contribution in [0.3, 0.4) is 0 Å². The summed E-state index contributed by atoms with van der Waals surface area (Å²) in [4.78, 5) is 0. The molecule has 1 heteroatoms. The fourth-order valence-electron chi connectivity index (χ4n) is 2.02. The van der Waals surface area contributed by atoms with E-state index in [2.05, 4.69) is 56.4 Å². The van der Waals surface area contributed by atoms with Gasteiger partial charge in [0.15, 0.2) is 0 Å². The molecule has 88 valence electrons. The summed E-state index contributed by atoms with van der Waals surface area (Å²) >= 11 is 0. The van der Waals surface area contributed by atoms with Crippen LogP contribution >= 0.6 is 0 Å². The smallest absolute Gasteiger partial charge is 0.0143 e. The van der Waals surface area contributed by atoms with Gasteiger partial charge < -0.3 is 5.32 Å². The molecule has 0 saturated heterocycles. The molecule has 0 aliphatic heterocycles. The van der Waals surface area contributed by atoms with Crippen molar-refractivity contribution >= 4 is 0 Å². The van der Waals surface area contributed by atoms with Crippen molar-refractivity contribution in [3.63, 3.8) is 0 Å². The van der Waals surface area contributed by atoms with Gasteiger partial charge in [-0.15, -0.1) is 0 Å². The maximum absolute atomic E-state index is 3.70. The quantitative estimate of drug-likeness (QED) is 0.795. The highest BCUT2D eigenvalue weighted by Crippen LogP contribution is 2.41. The van der Waals surface area contributed by atoms with E-state index in [0.717, 1.165) is 12.5 Å². The lowest BCUT2D eigenvalue weighted by Gasteiger charge is -2.23. The van der Waals surface area contributed by atoms with Crippen LogP contribution in [-0.4, -0.2) is 12.6 Å². The van der Waals surface area contributed by atoms with Crippen molar-refractivity contribution in [1.82, 2.24) is 5.32 Å². The lowest BCUT2D eigenvalue weighted by atomic mass is 9.90. The molecule has 1 nitrogen and oxygen atoms in total. The fourth-order valence-corrected chi connectivity index (χ4v) is 2.02. The minimum atomic E-state index is 0.434. The van der Waals surface area contributed by atoms with E-state index < -0.39 is 0 Å². The second-order valence-corrected chi connectivity index (χ2v) is 5.76. The molecule has 1 saturated carbocycles. The van der Waals surface area contributed by atoms with Crippen LogP contribution in [0, 0.1) is 5.41 Å². The Hall–Kier alpha value is -0.820. The molecule has 0 aromatic heterocycles. The van der Waals surface area contributed by atoms with Crippen molar-refractivity contribution in [3.05, 3.63) is 35.9 Å². The Labute approximate surface area is 99.3 Å². The molecule has 1 aromatic carbocycles. The van der Waals surface area contributed by atoms with Crippen molar-refractivity contribution < 1.29 is 0 Å². The monoisotopic (exact) mass is 217 g/mol. The highest BCUT2D eigenvalue weighted by atomic mass is 15.0. The molecule has 0 heterocycles. The van der Waals surface area contributed by atoms with Gasteiger partial charge >= 0.3 is 0 Å². The van der Waals surface area contributed by atoms with Gasteiger partial charge in [-0.25, -0.2) is 0 Å². The van der Waals surface area contributed by atoms with Gasteiger partial charge in [0.1, 0.15) is 0 Å². The Morgan fingerprint density at radius 1 is 1.25 bits per heavy atom. The van der Waals surface area contributed by atoms with Gasteiger partial charge in [0.05, 0.1) is 0 Å². The van der Waals surface area contributed by atoms with E-state index in [1.165, 1.54) is 18.4 Å². The van der Waals surface area contributed by atoms with Crippen LogP contribution in [0.25, 0.3) is 0 Å². The van der Waals surface area contributed by atoms with Crippen LogP contribution in [0.1, 0.15) is 45.1 Å². The van der Waals surface area contributed by atoms with E-state index in [9.17, 15) is 0 Å². The molecule has 1 aliphatic carbocycles. The molecule has 2 rings (SSSR count). The predicted molar refractivity (Wildman–Crippen MR) is 69.7 cm³/mol. The van der Waals surface area contributed by atoms with Crippen LogP contribution < -0.4 is 5.32 Å². The zero-order valence-corrected chi connectivity index (χ0v) is 10.7. The first-order valence-electron chi connectivity index (χ1n) is 6.41. The van der Waals surface area contributed by atoms with Crippen molar-refractivity contribution in [1.29, 1.82) is 0 Å². The van der Waals surface area contributed by atoms with E-state index in [1.807, 2.05) is 0 Å². The number of hydrogen-bond donors (Lipinski definition) is 1. The molecule has 16 heavy (non-hydrogen) atoms. The third-order valence-corrected chi connectivity index (χ3v) is 3.82. The number of rotatable bonds is 5. The Morgan fingerprint density at radius 3 is 2.56 bits per heavy atom. The molecule has 0 spiro atoms. The zero-order chi connectivity index (χ0) is 11.6. The van der Waals surface area contributed by atoms with Gasteiger partial charge in [-0.3, -0.25) is 0 Å². The molecule has 0 bridgehead atoms. The molecule has 2 atom stereocenters. The Bertz CT molecular complexity index is 329. The molecule has 2 unspecified atom stereocenters. The maximum Gasteiger partial charge on any atom is 0.0143 e. The SMILES string of the molecule is CCC(C)(C)CNC1CC1c1ccccc1. The van der Waals surface area contributed by atoms with E-state index in [1.54, 1.807) is 0 Å². The van der Waals surface area contributed by atoms with E-state index in [0.29, 0.717) is 11.5 Å². The molecule has 0 radical (unpaired) electrons. The maximum atomic E-state index is 3.70. The minimum Gasteiger partial charge on any atom is -0.313 e. The molecular formula is C15H23N. The summed E-state index contributed by atoms with van der Waals surface area (Å²) in [7, 11) is 0. The van der Waals surface area contributed by atoms with Crippen molar-refractivity contribution in [2.75, 3.05) is 6.54 Å². The fraction of sp³-hybridized carbons (Fsp3) is 0.600. The van der Waals surface area contributed by atoms with Crippen molar-refractivity contribution in [3.8, 4) is 0 Å². The Morgan fingerprint density at radius 2 is 1.94 bits per heavy atom. The Balaban J connectivity index is 1.80. The summed E-state index contributed by atoms with van der Waals surface area (Å²) in [5.41, 5.74) is 1.93. The molecule has 1 aromatic rings. The van der Waals surface area contributed by atoms with Gasteiger partial charge in [0, 0.05) is 18.5 Å². The summed E-state index contributed by atoms with van der Waals surface area (Å²) in [6.45, 7) is 8.07. The topological polar surface area (TPSA) is 12.0 Å². The second kappa shape index (κ2) is 4.58. The average Bonchev–Trinajstić information content (AvgIpc) is 3.07. The Kier molecular flexibility index (Phi) is 3.34. The van der Waals surface area contributed by atoms with Crippen LogP contribution in [0.5, 0.6) is 0 Å². The van der Waals surface area contributed by atoms with Crippen LogP contribution in [0.2, 0.25) is 0 Å². The third kappa shape index (κ3) is 2.85. The number of benzene rings is 1. The van der Waals surface area contributed by atoms with Gasteiger partial charge in [-0.2, -0.15) is 0 Å². The first-order valence-corrected chi connectivity index (χ1v) is 6.41. The summed E-state index contributed by atoms with van der Waals surface area (Å²) < 4.78 is 0. The van der Waals surface area contributed by atoms with Gasteiger partial charge in [-0.05, 0) is 23.8 Å². The lowest BCUT2D eigenvalue weighted by molar-refractivity contribution is 0.326. The van der Waals surface area contributed by atoms with Gasteiger partial charge in [-0.1, -0.05) is 51.1 Å². The van der Waals surface area contributed by atoms with E-state index in [-0.39, 0.29) is 0 Å². The summed E-state index contributed by atoms with van der Waals surface area (Å²) in [6, 6.07) is 11.6. The zero-order valence-electron chi connectivity index (χ0n) is 10.7. The summed E-state index contributed by atoms with van der Waals surface area (Å²) in [5.74, 6) is 0.758. The molecule has 1 aliphatic rings. The normalized spacial score (nSPS) is 24.4. The lowest BCUT2D eigenvalue weighted by Crippen LogP contribution is -2.30. The third-order valence-electron chi connectivity index (χ3n) is 3.82. The first kappa shape index (κ1) is 11.7. The van der Waals surface area contributed by atoms with Gasteiger partial charge in [0.25, 0.3) is 0 Å². The molecule has 0 amide bonds. The summed E-state index contributed by atoms with van der Waals surface area (Å²) in [6.07, 6.45) is 2.55. The minimum absolute atomic E-state index is 0.434. The summed E-state index contributed by atoms with van der Waals surface area (Å²) in [5, 5.41) is 3.70. The predicted octanol–water partition coefficient (Wildman–Crippen LogP) is 3.57. The molecular weight excluding hydrogens is 194 g/mol. The van der Waals surface area contributed by atoms with Crippen LogP contribution in [-0.2, 0) is 0 Å². The van der Waals surface area contributed by atoms with E-state index >= 15 is 0 Å². The largest absolute Gasteiger partial charge is 0.313 e.